The molecule has 0 atom stereocenters. The van der Waals surface area contributed by atoms with Crippen molar-refractivity contribution in [2.24, 2.45) is 13.0 Å². The number of nitrogens with one attached hydrogen (secondary N) is 1. The first kappa shape index (κ1) is 24.2. The Morgan fingerprint density at radius 1 is 1.12 bits per heavy atom. The maximum Gasteiger partial charge on any atom is 0.317 e. The molecule has 3 rings (SSSR count). The maximum absolute atomic E-state index is 13.0. The van der Waals surface area contributed by atoms with Gasteiger partial charge >= 0.3 is 6.03 Å². The molecule has 0 saturated carbocycles. The molecule has 1 N–H and O–H groups in total. The number of hydrogen-bond donors (Lipinski definition) is 1. The van der Waals surface area contributed by atoms with E-state index in [4.69, 9.17) is 14.6 Å². The van der Waals surface area contributed by atoms with Crippen molar-refractivity contribution in [3.63, 3.8) is 0 Å². The molecular weight excluding hydrogens is 416 g/mol. The molecular formula is C26H34N4O3. The Labute approximate surface area is 196 Å². The Morgan fingerprint density at radius 2 is 1.85 bits per heavy atom. The van der Waals surface area contributed by atoms with E-state index in [0.717, 1.165) is 23.2 Å². The monoisotopic (exact) mass is 450 g/mol. The van der Waals surface area contributed by atoms with Crippen molar-refractivity contribution in [1.29, 1.82) is 0 Å². The van der Waals surface area contributed by atoms with Gasteiger partial charge in [-0.3, -0.25) is 0 Å². The minimum atomic E-state index is -0.0826. The first-order chi connectivity index (χ1) is 15.9. The summed E-state index contributed by atoms with van der Waals surface area (Å²) in [7, 11) is 3.48. The molecule has 2 aromatic carbocycles. The molecule has 176 valence electrons. The van der Waals surface area contributed by atoms with Crippen molar-refractivity contribution >= 4 is 6.03 Å². The highest BCUT2D eigenvalue weighted by molar-refractivity contribution is 5.75. The smallest absolute Gasteiger partial charge is 0.317 e. The van der Waals surface area contributed by atoms with Gasteiger partial charge in [0.25, 0.3) is 0 Å². The average molecular weight is 451 g/mol. The van der Waals surface area contributed by atoms with Gasteiger partial charge in [0.05, 0.1) is 19.2 Å². The summed E-state index contributed by atoms with van der Waals surface area (Å²) in [4.78, 5) is 14.8. The molecule has 0 fully saturated rings. The van der Waals surface area contributed by atoms with Gasteiger partial charge in [-0.05, 0) is 24.5 Å². The van der Waals surface area contributed by atoms with Crippen LogP contribution in [0.3, 0.4) is 0 Å². The molecule has 33 heavy (non-hydrogen) atoms. The van der Waals surface area contributed by atoms with Gasteiger partial charge in [-0.2, -0.15) is 5.10 Å². The third-order valence-electron chi connectivity index (χ3n) is 5.14. The standard InChI is InChI=1S/C26H34N4O3/c1-6-15-27-26(31)30(17-19(2)3)18-23-24(20-11-8-7-9-12-20)28-29(4)25(23)33-22-14-10-13-21(16-22)32-5/h7-14,16,19H,6,15,17-18H2,1-5H3,(H,27,31). The third kappa shape index (κ3) is 6.28. The quantitative estimate of drug-likeness (QED) is 0.445. The number of aryl methyl sites for hydroxylation is 1. The van der Waals surface area contributed by atoms with Gasteiger partial charge in [-0.25, -0.2) is 9.48 Å². The van der Waals surface area contributed by atoms with Gasteiger partial charge in [0.1, 0.15) is 17.2 Å². The van der Waals surface area contributed by atoms with E-state index < -0.39 is 0 Å². The zero-order chi connectivity index (χ0) is 23.8. The van der Waals surface area contributed by atoms with E-state index in [-0.39, 0.29) is 6.03 Å². The lowest BCUT2D eigenvalue weighted by atomic mass is 10.1. The number of hydrogen-bond acceptors (Lipinski definition) is 4. The predicted octanol–water partition coefficient (Wildman–Crippen LogP) is 5.47. The van der Waals surface area contributed by atoms with Crippen LogP contribution in [0, 0.1) is 5.92 Å². The Hall–Kier alpha value is -3.48. The van der Waals surface area contributed by atoms with Gasteiger partial charge in [-0.15, -0.1) is 0 Å². The van der Waals surface area contributed by atoms with Crippen LogP contribution in [0.2, 0.25) is 0 Å². The molecule has 0 aliphatic heterocycles. The van der Waals surface area contributed by atoms with Gasteiger partial charge in [0.15, 0.2) is 0 Å². The van der Waals surface area contributed by atoms with Crippen LogP contribution >= 0.6 is 0 Å². The lowest BCUT2D eigenvalue weighted by molar-refractivity contribution is 0.187. The van der Waals surface area contributed by atoms with Crippen molar-refractivity contribution in [2.75, 3.05) is 20.2 Å². The summed E-state index contributed by atoms with van der Waals surface area (Å²) in [5, 5.41) is 7.79. The normalized spacial score (nSPS) is 10.8. The molecule has 1 aromatic heterocycles. The SMILES string of the molecule is CCCNC(=O)N(Cc1c(-c2ccccc2)nn(C)c1Oc1cccc(OC)c1)CC(C)C. The van der Waals surface area contributed by atoms with E-state index in [1.807, 2.05) is 73.5 Å². The summed E-state index contributed by atoms with van der Waals surface area (Å²) in [6.07, 6.45) is 0.883. The van der Waals surface area contributed by atoms with Crippen molar-refractivity contribution in [2.45, 2.75) is 33.7 Å². The zero-order valence-electron chi connectivity index (χ0n) is 20.2. The molecule has 2 amide bonds. The molecule has 0 bridgehead atoms. The number of nitrogens with zero attached hydrogens (tertiary/aromatic N) is 3. The summed E-state index contributed by atoms with van der Waals surface area (Å²) in [6, 6.07) is 17.4. The maximum atomic E-state index is 13.0. The van der Waals surface area contributed by atoms with Crippen LogP contribution < -0.4 is 14.8 Å². The van der Waals surface area contributed by atoms with E-state index in [0.29, 0.717) is 42.9 Å². The minimum Gasteiger partial charge on any atom is -0.497 e. The molecule has 0 saturated heterocycles. The first-order valence-electron chi connectivity index (χ1n) is 11.4. The van der Waals surface area contributed by atoms with Crippen LogP contribution in [-0.4, -0.2) is 40.9 Å². The molecule has 0 radical (unpaired) electrons. The average Bonchev–Trinajstić information content (AvgIpc) is 3.12. The van der Waals surface area contributed by atoms with Crippen LogP contribution in [0.1, 0.15) is 32.8 Å². The topological polar surface area (TPSA) is 68.6 Å². The highest BCUT2D eigenvalue weighted by atomic mass is 16.5. The minimum absolute atomic E-state index is 0.0826. The van der Waals surface area contributed by atoms with Gasteiger partial charge < -0.3 is 19.7 Å². The molecule has 7 nitrogen and oxygen atoms in total. The number of carbonyl (C=O) groups excluding carboxylic acids is 1. The molecule has 0 unspecified atom stereocenters. The highest BCUT2D eigenvalue weighted by Crippen LogP contribution is 2.35. The van der Waals surface area contributed by atoms with E-state index >= 15 is 0 Å². The number of aromatic nitrogens is 2. The van der Waals surface area contributed by atoms with Crippen molar-refractivity contribution < 1.29 is 14.3 Å². The van der Waals surface area contributed by atoms with Crippen molar-refractivity contribution in [3.8, 4) is 28.6 Å². The number of urea groups is 1. The fourth-order valence-corrected chi connectivity index (χ4v) is 3.62. The van der Waals surface area contributed by atoms with Gasteiger partial charge in [-0.1, -0.05) is 57.2 Å². The van der Waals surface area contributed by atoms with Crippen LogP contribution in [-0.2, 0) is 13.6 Å². The lowest BCUT2D eigenvalue weighted by Gasteiger charge is -2.25. The summed E-state index contributed by atoms with van der Waals surface area (Å²) < 4.78 is 13.4. The van der Waals surface area contributed by atoms with E-state index in [2.05, 4.69) is 19.2 Å². The molecule has 0 spiro atoms. The molecule has 1 heterocycles. The van der Waals surface area contributed by atoms with E-state index in [9.17, 15) is 4.79 Å². The number of methoxy groups -OCH3 is 1. The number of ether oxygens (including phenoxy) is 2. The van der Waals surface area contributed by atoms with Crippen LogP contribution in [0.25, 0.3) is 11.3 Å². The third-order valence-corrected chi connectivity index (χ3v) is 5.14. The number of benzene rings is 2. The highest BCUT2D eigenvalue weighted by Gasteiger charge is 2.25. The van der Waals surface area contributed by atoms with Gasteiger partial charge in [0.2, 0.25) is 5.88 Å². The van der Waals surface area contributed by atoms with Crippen molar-refractivity contribution in [3.05, 3.63) is 60.2 Å². The second-order valence-corrected chi connectivity index (χ2v) is 8.41. The van der Waals surface area contributed by atoms with Crippen LogP contribution in [0.5, 0.6) is 17.4 Å². The summed E-state index contributed by atoms with van der Waals surface area (Å²) in [5.74, 6) is 2.26. The summed E-state index contributed by atoms with van der Waals surface area (Å²) >= 11 is 0. The number of amides is 2. The zero-order valence-corrected chi connectivity index (χ0v) is 20.2. The number of carbonyl (C=O) groups is 1. The second-order valence-electron chi connectivity index (χ2n) is 8.41. The Balaban J connectivity index is 2.04. The van der Waals surface area contributed by atoms with E-state index in [1.54, 1.807) is 11.8 Å². The fraction of sp³-hybridized carbons (Fsp3) is 0.385. The largest absolute Gasteiger partial charge is 0.497 e. The molecule has 3 aromatic rings. The van der Waals surface area contributed by atoms with Crippen molar-refractivity contribution in [1.82, 2.24) is 20.0 Å². The van der Waals surface area contributed by atoms with Gasteiger partial charge in [0, 0.05) is 31.8 Å². The molecule has 0 aliphatic rings. The Morgan fingerprint density at radius 3 is 2.52 bits per heavy atom. The summed E-state index contributed by atoms with van der Waals surface area (Å²) in [5.41, 5.74) is 2.63. The number of rotatable bonds is 10. The fourth-order valence-electron chi connectivity index (χ4n) is 3.62. The first-order valence-corrected chi connectivity index (χ1v) is 11.4. The van der Waals surface area contributed by atoms with Crippen LogP contribution in [0.4, 0.5) is 4.79 Å². The Bertz CT molecular complexity index is 1050. The molecule has 7 heteroatoms. The predicted molar refractivity (Wildman–Crippen MR) is 131 cm³/mol. The van der Waals surface area contributed by atoms with Crippen LogP contribution in [0.15, 0.2) is 54.6 Å². The molecule has 0 aliphatic carbocycles. The summed E-state index contributed by atoms with van der Waals surface area (Å²) in [6.45, 7) is 7.90. The lowest BCUT2D eigenvalue weighted by Crippen LogP contribution is -2.41. The van der Waals surface area contributed by atoms with E-state index in [1.165, 1.54) is 0 Å². The Kier molecular flexibility index (Phi) is 8.35. The second kappa shape index (κ2) is 11.4.